The number of nitrogens with zero attached hydrogens (tertiary/aromatic N) is 3. The van der Waals surface area contributed by atoms with Gasteiger partial charge in [0.05, 0.1) is 0 Å². The molecule has 1 saturated heterocycles. The smallest absolute Gasteiger partial charge is 0.191 e. The lowest BCUT2D eigenvalue weighted by atomic mass is 10.1. The molecular weight excluding hydrogens is 282 g/mol. The van der Waals surface area contributed by atoms with E-state index in [2.05, 4.69) is 45.5 Å². The molecule has 1 aliphatic heterocycles. The van der Waals surface area contributed by atoms with Crippen molar-refractivity contribution in [3.05, 3.63) is 0 Å². The van der Waals surface area contributed by atoms with Gasteiger partial charge in [-0.05, 0) is 18.7 Å². The molecule has 0 spiro atoms. The van der Waals surface area contributed by atoms with Gasteiger partial charge < -0.3 is 20.4 Å². The van der Waals surface area contributed by atoms with Crippen molar-refractivity contribution in [3.63, 3.8) is 0 Å². The Hall–Kier alpha value is -0.460. The minimum absolute atomic E-state index is 0.636. The lowest BCUT2D eigenvalue weighted by molar-refractivity contribution is 0.124. The van der Waals surface area contributed by atoms with Gasteiger partial charge in [0.1, 0.15) is 0 Å². The van der Waals surface area contributed by atoms with Crippen LogP contribution < -0.4 is 10.6 Å². The Bertz CT molecular complexity index is 290. The fourth-order valence-corrected chi connectivity index (χ4v) is 2.86. The van der Waals surface area contributed by atoms with Gasteiger partial charge in [0, 0.05) is 58.6 Å². The van der Waals surface area contributed by atoms with Crippen LogP contribution in [-0.4, -0.2) is 87.2 Å². The molecule has 5 nitrogen and oxygen atoms in total. The molecule has 0 radical (unpaired) electrons. The van der Waals surface area contributed by atoms with Crippen LogP contribution in [0.25, 0.3) is 0 Å². The summed E-state index contributed by atoms with van der Waals surface area (Å²) in [4.78, 5) is 9.37. The van der Waals surface area contributed by atoms with E-state index >= 15 is 0 Å². The van der Waals surface area contributed by atoms with Crippen LogP contribution in [0.5, 0.6) is 0 Å². The zero-order valence-electron chi connectivity index (χ0n) is 14.2. The van der Waals surface area contributed by atoms with Gasteiger partial charge in [-0.3, -0.25) is 4.99 Å². The van der Waals surface area contributed by atoms with Gasteiger partial charge in [-0.1, -0.05) is 13.8 Å². The van der Waals surface area contributed by atoms with Crippen LogP contribution in [0.4, 0.5) is 0 Å². The van der Waals surface area contributed by atoms with Crippen molar-refractivity contribution in [2.75, 3.05) is 71.4 Å². The second-order valence-electron chi connectivity index (χ2n) is 5.71. The number of piperazine rings is 1. The maximum absolute atomic E-state index is 4.26. The van der Waals surface area contributed by atoms with Gasteiger partial charge in [0.2, 0.25) is 0 Å². The Labute approximate surface area is 134 Å². The zero-order chi connectivity index (χ0) is 15.5. The molecule has 0 aromatic heterocycles. The Morgan fingerprint density at radius 1 is 1.19 bits per heavy atom. The van der Waals surface area contributed by atoms with Gasteiger partial charge >= 0.3 is 0 Å². The summed E-state index contributed by atoms with van der Waals surface area (Å²) >= 11 is 1.85. The molecule has 1 atom stereocenters. The summed E-state index contributed by atoms with van der Waals surface area (Å²) in [6, 6.07) is 0. The Kier molecular flexibility index (Phi) is 9.87. The highest BCUT2D eigenvalue weighted by molar-refractivity contribution is 7.98. The van der Waals surface area contributed by atoms with Gasteiger partial charge in [0.15, 0.2) is 5.96 Å². The average Bonchev–Trinajstić information content (AvgIpc) is 2.51. The first-order valence-corrected chi connectivity index (χ1v) is 9.47. The summed E-state index contributed by atoms with van der Waals surface area (Å²) in [5.74, 6) is 2.67. The normalized spacial score (nSPS) is 19.5. The van der Waals surface area contributed by atoms with Crippen molar-refractivity contribution in [1.29, 1.82) is 0 Å². The predicted octanol–water partition coefficient (Wildman–Crippen LogP) is 0.788. The molecule has 1 rings (SSSR count). The molecule has 0 saturated carbocycles. The average molecular weight is 316 g/mol. The lowest BCUT2D eigenvalue weighted by Gasteiger charge is -2.35. The fourth-order valence-electron chi connectivity index (χ4n) is 2.56. The first kappa shape index (κ1) is 18.6. The zero-order valence-corrected chi connectivity index (χ0v) is 15.0. The molecule has 1 heterocycles. The third kappa shape index (κ3) is 7.93. The first-order chi connectivity index (χ1) is 10.2. The minimum Gasteiger partial charge on any atom is -0.356 e. The molecule has 1 unspecified atom stereocenters. The monoisotopic (exact) mass is 315 g/mol. The summed E-state index contributed by atoms with van der Waals surface area (Å²) in [6.45, 7) is 13.7. The lowest BCUT2D eigenvalue weighted by Crippen LogP contribution is -2.48. The van der Waals surface area contributed by atoms with Gasteiger partial charge in [-0.2, -0.15) is 11.8 Å². The van der Waals surface area contributed by atoms with E-state index in [1.807, 2.05) is 18.8 Å². The van der Waals surface area contributed by atoms with E-state index in [1.54, 1.807) is 0 Å². The van der Waals surface area contributed by atoms with Crippen LogP contribution in [0.15, 0.2) is 4.99 Å². The standard InChI is InChI=1S/C15H33N5S/c1-5-19-7-9-20(10-8-19)13-14(2)12-18-15(16-3)17-6-11-21-4/h14H,5-13H2,1-4H3,(H2,16,17,18). The number of hydrogen-bond donors (Lipinski definition) is 2. The molecule has 2 N–H and O–H groups in total. The molecule has 21 heavy (non-hydrogen) atoms. The Balaban J connectivity index is 2.16. The summed E-state index contributed by atoms with van der Waals surface area (Å²) in [6.07, 6.45) is 2.12. The summed E-state index contributed by atoms with van der Waals surface area (Å²) in [5.41, 5.74) is 0. The number of likely N-dealkylation sites (N-methyl/N-ethyl adjacent to an activating group) is 1. The highest BCUT2D eigenvalue weighted by atomic mass is 32.2. The molecule has 0 aliphatic carbocycles. The van der Waals surface area contributed by atoms with E-state index in [-0.39, 0.29) is 0 Å². The predicted molar refractivity (Wildman–Crippen MR) is 95.5 cm³/mol. The van der Waals surface area contributed by atoms with Gasteiger partial charge in [0.25, 0.3) is 0 Å². The van der Waals surface area contributed by atoms with Crippen LogP contribution in [-0.2, 0) is 0 Å². The molecule has 1 fully saturated rings. The first-order valence-electron chi connectivity index (χ1n) is 8.07. The van der Waals surface area contributed by atoms with Crippen LogP contribution in [0, 0.1) is 5.92 Å². The number of thioether (sulfide) groups is 1. The molecule has 0 aromatic rings. The van der Waals surface area contributed by atoms with E-state index in [1.165, 1.54) is 39.3 Å². The van der Waals surface area contributed by atoms with E-state index in [9.17, 15) is 0 Å². The van der Waals surface area contributed by atoms with Crippen molar-refractivity contribution in [1.82, 2.24) is 20.4 Å². The molecular formula is C15H33N5S. The molecule has 6 heteroatoms. The minimum atomic E-state index is 0.636. The highest BCUT2D eigenvalue weighted by Gasteiger charge is 2.17. The van der Waals surface area contributed by atoms with Crippen molar-refractivity contribution < 1.29 is 0 Å². The third-order valence-electron chi connectivity index (χ3n) is 3.92. The second kappa shape index (κ2) is 11.2. The van der Waals surface area contributed by atoms with Crippen LogP contribution in [0.1, 0.15) is 13.8 Å². The van der Waals surface area contributed by atoms with Gasteiger partial charge in [-0.25, -0.2) is 0 Å². The summed E-state index contributed by atoms with van der Waals surface area (Å²) < 4.78 is 0. The van der Waals surface area contributed by atoms with E-state index < -0.39 is 0 Å². The van der Waals surface area contributed by atoms with E-state index in [0.29, 0.717) is 5.92 Å². The van der Waals surface area contributed by atoms with E-state index in [4.69, 9.17) is 0 Å². The second-order valence-corrected chi connectivity index (χ2v) is 6.70. The number of nitrogens with one attached hydrogen (secondary N) is 2. The quantitative estimate of drug-likeness (QED) is 0.394. The summed E-state index contributed by atoms with van der Waals surface area (Å²) in [7, 11) is 1.84. The fraction of sp³-hybridized carbons (Fsp3) is 0.933. The van der Waals surface area contributed by atoms with Crippen LogP contribution in [0.2, 0.25) is 0 Å². The van der Waals surface area contributed by atoms with E-state index in [0.717, 1.165) is 24.8 Å². The van der Waals surface area contributed by atoms with Crippen molar-refractivity contribution >= 4 is 17.7 Å². The number of hydrogen-bond acceptors (Lipinski definition) is 4. The molecule has 0 bridgehead atoms. The maximum Gasteiger partial charge on any atom is 0.191 e. The Morgan fingerprint density at radius 3 is 2.43 bits per heavy atom. The SMILES string of the molecule is CCN1CCN(CC(C)CNC(=NC)NCCSC)CC1. The molecule has 0 aromatic carbocycles. The van der Waals surface area contributed by atoms with Crippen LogP contribution >= 0.6 is 11.8 Å². The van der Waals surface area contributed by atoms with Crippen LogP contribution in [0.3, 0.4) is 0 Å². The number of rotatable bonds is 8. The number of guanidine groups is 1. The topological polar surface area (TPSA) is 42.9 Å². The molecule has 1 aliphatic rings. The number of aliphatic imine (C=N–C) groups is 1. The largest absolute Gasteiger partial charge is 0.356 e. The maximum atomic E-state index is 4.26. The van der Waals surface area contributed by atoms with Gasteiger partial charge in [-0.15, -0.1) is 0 Å². The summed E-state index contributed by atoms with van der Waals surface area (Å²) in [5, 5.41) is 6.77. The third-order valence-corrected chi connectivity index (χ3v) is 4.53. The Morgan fingerprint density at radius 2 is 1.86 bits per heavy atom. The van der Waals surface area contributed by atoms with Crippen molar-refractivity contribution in [2.45, 2.75) is 13.8 Å². The van der Waals surface area contributed by atoms with Crippen molar-refractivity contribution in [3.8, 4) is 0 Å². The molecule has 124 valence electrons. The molecule has 0 amide bonds. The highest BCUT2D eigenvalue weighted by Crippen LogP contribution is 2.04. The van der Waals surface area contributed by atoms with Crippen molar-refractivity contribution in [2.24, 2.45) is 10.9 Å².